The molecular formula is C34H41FN4O7S. The number of amides is 1. The van der Waals surface area contributed by atoms with E-state index in [-0.39, 0.29) is 54.4 Å². The van der Waals surface area contributed by atoms with E-state index in [9.17, 15) is 33.0 Å². The highest BCUT2D eigenvalue weighted by Gasteiger charge is 2.48. The van der Waals surface area contributed by atoms with Crippen molar-refractivity contribution in [3.05, 3.63) is 94.8 Å². The maximum atomic E-state index is 15.1. The molecule has 13 heteroatoms. The van der Waals surface area contributed by atoms with Gasteiger partial charge in [0.1, 0.15) is 23.4 Å². The minimum Gasteiger partial charge on any atom is -0.508 e. The number of ketones is 2. The van der Waals surface area contributed by atoms with Crippen molar-refractivity contribution in [3.63, 3.8) is 0 Å². The zero-order chi connectivity index (χ0) is 34.5. The average Bonchev–Trinajstić information content (AvgIpc) is 3.00. The van der Waals surface area contributed by atoms with Gasteiger partial charge in [-0.1, -0.05) is 36.4 Å². The number of benzene rings is 3. The molecule has 4 atom stereocenters. The molecule has 1 aliphatic heterocycles. The van der Waals surface area contributed by atoms with Gasteiger partial charge >= 0.3 is 0 Å². The minimum absolute atomic E-state index is 0.0872. The number of rotatable bonds is 13. The monoisotopic (exact) mass is 668 g/mol. The minimum atomic E-state index is -3.74. The summed E-state index contributed by atoms with van der Waals surface area (Å²) in [5.41, 5.74) is 0.995. The third-order valence-corrected chi connectivity index (χ3v) is 9.16. The van der Waals surface area contributed by atoms with E-state index in [1.165, 1.54) is 60.7 Å². The molecule has 0 spiro atoms. The number of Topliss-reactive ketones (excluding diaryl/α,β-unsaturated/α-hetero) is 2. The molecule has 0 bridgehead atoms. The molecule has 1 fully saturated rings. The number of likely N-dealkylation sites (tertiary alicyclic amines) is 1. The van der Waals surface area contributed by atoms with E-state index in [0.717, 1.165) is 6.26 Å². The zero-order valence-corrected chi connectivity index (χ0v) is 27.6. The van der Waals surface area contributed by atoms with Crippen molar-refractivity contribution in [1.29, 1.82) is 0 Å². The molecule has 252 valence electrons. The van der Waals surface area contributed by atoms with Crippen LogP contribution in [0.1, 0.15) is 37.8 Å². The number of nitrogens with one attached hydrogen (secondary N) is 2. The van der Waals surface area contributed by atoms with Crippen LogP contribution in [0, 0.1) is 24.6 Å². The number of piperidine rings is 1. The number of sulfonamides is 1. The van der Waals surface area contributed by atoms with E-state index in [0.29, 0.717) is 12.1 Å². The summed E-state index contributed by atoms with van der Waals surface area (Å²) in [7, 11) is -0.0676. The third-order valence-electron chi connectivity index (χ3n) is 8.47. The van der Waals surface area contributed by atoms with E-state index >= 15 is 4.39 Å². The number of hydrogen-bond acceptors (Lipinski definition) is 9. The summed E-state index contributed by atoms with van der Waals surface area (Å²) in [6.07, 6.45) is 0.968. The Kier molecular flexibility index (Phi) is 11.5. The highest BCUT2D eigenvalue weighted by molar-refractivity contribution is 7.88. The number of aromatic hydroxyl groups is 2. The second kappa shape index (κ2) is 15.2. The molecule has 4 rings (SSSR count). The van der Waals surface area contributed by atoms with Crippen LogP contribution < -0.4 is 10.0 Å². The Labute approximate surface area is 274 Å². The van der Waals surface area contributed by atoms with E-state index in [1.54, 1.807) is 17.9 Å². The van der Waals surface area contributed by atoms with Gasteiger partial charge in [-0.15, -0.1) is 0 Å². The first-order valence-electron chi connectivity index (χ1n) is 15.2. The summed E-state index contributed by atoms with van der Waals surface area (Å²) in [6, 6.07) is 14.9. The summed E-state index contributed by atoms with van der Waals surface area (Å²) in [6.45, 7) is 1.83. The molecule has 1 heterocycles. The second-order valence-corrected chi connectivity index (χ2v) is 14.0. The average molecular weight is 669 g/mol. The number of phenolic OH excluding ortho intramolecular Hbond substituents is 2. The van der Waals surface area contributed by atoms with Crippen molar-refractivity contribution in [2.75, 3.05) is 53.1 Å². The fraction of sp³-hybridized carbons (Fsp3) is 0.382. The summed E-state index contributed by atoms with van der Waals surface area (Å²) in [5, 5.41) is 23.2. The van der Waals surface area contributed by atoms with Gasteiger partial charge in [-0.05, 0) is 62.5 Å². The summed E-state index contributed by atoms with van der Waals surface area (Å²) >= 11 is 0. The number of carbonyl (C=O) groups is 3. The molecule has 0 radical (unpaired) electrons. The molecule has 0 aromatic heterocycles. The molecule has 1 saturated heterocycles. The fourth-order valence-corrected chi connectivity index (χ4v) is 6.60. The Morgan fingerprint density at radius 3 is 1.96 bits per heavy atom. The Bertz CT molecular complexity index is 1670. The lowest BCUT2D eigenvalue weighted by Crippen LogP contribution is -2.60. The molecule has 0 aliphatic carbocycles. The SMILES string of the molecule is Cc1c(F)cccc1[C@@H]1[C@@H](C(=O)c2cccc(O)c2)CN([C@@H](CNS(C)(=O)=O)C(=O)NCCN(C)C)C[C@H]1C(=O)c1cccc(O)c1. The fourth-order valence-electron chi connectivity index (χ4n) is 6.14. The van der Waals surface area contributed by atoms with Crippen molar-refractivity contribution in [1.82, 2.24) is 19.8 Å². The van der Waals surface area contributed by atoms with Crippen molar-refractivity contribution in [3.8, 4) is 11.5 Å². The van der Waals surface area contributed by atoms with Gasteiger partial charge in [0.25, 0.3) is 0 Å². The quantitative estimate of drug-likeness (QED) is 0.201. The summed E-state index contributed by atoms with van der Waals surface area (Å²) in [4.78, 5) is 45.9. The van der Waals surface area contributed by atoms with Gasteiger partial charge in [0.2, 0.25) is 15.9 Å². The van der Waals surface area contributed by atoms with Gasteiger partial charge < -0.3 is 20.4 Å². The predicted molar refractivity (Wildman–Crippen MR) is 176 cm³/mol. The van der Waals surface area contributed by atoms with E-state index in [1.807, 2.05) is 19.0 Å². The highest BCUT2D eigenvalue weighted by Crippen LogP contribution is 2.43. The van der Waals surface area contributed by atoms with Gasteiger partial charge in [0.05, 0.1) is 6.26 Å². The predicted octanol–water partition coefficient (Wildman–Crippen LogP) is 2.54. The maximum absolute atomic E-state index is 15.1. The number of nitrogens with zero attached hydrogens (tertiary/aromatic N) is 2. The first-order chi connectivity index (χ1) is 22.2. The molecule has 47 heavy (non-hydrogen) atoms. The van der Waals surface area contributed by atoms with E-state index < -0.39 is 57.1 Å². The smallest absolute Gasteiger partial charge is 0.238 e. The second-order valence-electron chi connectivity index (χ2n) is 12.2. The molecular weight excluding hydrogens is 627 g/mol. The van der Waals surface area contributed by atoms with Crippen LogP contribution in [0.15, 0.2) is 66.7 Å². The highest BCUT2D eigenvalue weighted by atomic mass is 32.2. The standard InChI is InChI=1S/C34H41FN4O7S/c1-21-26(12-7-13-29(21)35)31-27(32(42)22-8-5-10-24(40)16-22)19-39(20-28(31)33(43)23-9-6-11-25(41)17-23)30(18-37-47(4,45)46)34(44)36-14-15-38(2)3/h5-13,16-17,27-28,30-31,37,40-41H,14-15,18-20H2,1-4H3,(H,36,44)/t27-,28+,30-,31+/m0/s1. The van der Waals surface area contributed by atoms with Crippen LogP contribution in [0.3, 0.4) is 0 Å². The third kappa shape index (κ3) is 9.01. The van der Waals surface area contributed by atoms with Gasteiger partial charge in [-0.2, -0.15) is 0 Å². The Hall–Kier alpha value is -4.17. The Morgan fingerprint density at radius 1 is 0.936 bits per heavy atom. The largest absolute Gasteiger partial charge is 0.508 e. The van der Waals surface area contributed by atoms with Crippen LogP contribution in [-0.4, -0.2) is 105 Å². The molecule has 3 aromatic rings. The number of carbonyl (C=O) groups excluding carboxylic acids is 3. The number of hydrogen-bond donors (Lipinski definition) is 4. The van der Waals surface area contributed by atoms with Gasteiger partial charge in [-0.25, -0.2) is 17.5 Å². The first-order valence-corrected chi connectivity index (χ1v) is 17.1. The molecule has 1 aliphatic rings. The van der Waals surface area contributed by atoms with Crippen LogP contribution in [-0.2, 0) is 14.8 Å². The molecule has 3 aromatic carbocycles. The van der Waals surface area contributed by atoms with Crippen LogP contribution in [0.5, 0.6) is 11.5 Å². The number of phenols is 2. The summed E-state index contributed by atoms with van der Waals surface area (Å²) < 4.78 is 41.8. The van der Waals surface area contributed by atoms with Crippen molar-refractivity contribution in [2.45, 2.75) is 18.9 Å². The van der Waals surface area contributed by atoms with E-state index in [4.69, 9.17) is 0 Å². The maximum Gasteiger partial charge on any atom is 0.238 e. The van der Waals surface area contributed by atoms with Crippen LogP contribution in [0.2, 0.25) is 0 Å². The lowest BCUT2D eigenvalue weighted by molar-refractivity contribution is -0.127. The number of halogens is 1. The molecule has 0 unspecified atom stereocenters. The molecule has 0 saturated carbocycles. The number of likely N-dealkylation sites (N-methyl/N-ethyl adjacent to an activating group) is 1. The topological polar surface area (TPSA) is 156 Å². The van der Waals surface area contributed by atoms with Gasteiger partial charge in [-0.3, -0.25) is 19.3 Å². The van der Waals surface area contributed by atoms with Gasteiger partial charge in [0, 0.05) is 61.6 Å². The Balaban J connectivity index is 1.89. The first kappa shape index (κ1) is 35.7. The van der Waals surface area contributed by atoms with Crippen LogP contribution >= 0.6 is 0 Å². The lowest BCUT2D eigenvalue weighted by Gasteiger charge is -2.46. The lowest BCUT2D eigenvalue weighted by atomic mass is 9.67. The molecule has 1 amide bonds. The Morgan fingerprint density at radius 2 is 1.47 bits per heavy atom. The van der Waals surface area contributed by atoms with E-state index in [2.05, 4.69) is 10.0 Å². The summed E-state index contributed by atoms with van der Waals surface area (Å²) in [5.74, 6) is -5.17. The van der Waals surface area contributed by atoms with Gasteiger partial charge in [0.15, 0.2) is 11.6 Å². The zero-order valence-electron chi connectivity index (χ0n) is 26.8. The molecule has 11 nitrogen and oxygen atoms in total. The van der Waals surface area contributed by atoms with Crippen LogP contribution in [0.25, 0.3) is 0 Å². The van der Waals surface area contributed by atoms with Crippen molar-refractivity contribution < 1.29 is 37.4 Å². The normalized spacial score (nSPS) is 19.3. The molecule has 4 N–H and O–H groups in total. The van der Waals surface area contributed by atoms with Crippen molar-refractivity contribution >= 4 is 27.5 Å². The van der Waals surface area contributed by atoms with Crippen molar-refractivity contribution in [2.24, 2.45) is 11.8 Å². The van der Waals surface area contributed by atoms with Crippen LogP contribution in [0.4, 0.5) is 4.39 Å².